The molecule has 0 bridgehead atoms. The molecule has 0 aromatic heterocycles. The van der Waals surface area contributed by atoms with Crippen LogP contribution in [0.1, 0.15) is 25.5 Å². The van der Waals surface area contributed by atoms with E-state index < -0.39 is 0 Å². The summed E-state index contributed by atoms with van der Waals surface area (Å²) in [6.45, 7) is 5.51. The molecule has 0 saturated heterocycles. The molecule has 1 rings (SSSR count). The van der Waals surface area contributed by atoms with Crippen molar-refractivity contribution < 1.29 is 9.47 Å². The third-order valence-electron chi connectivity index (χ3n) is 2.25. The van der Waals surface area contributed by atoms with Gasteiger partial charge >= 0.3 is 0 Å². The van der Waals surface area contributed by atoms with E-state index in [0.717, 1.165) is 17.1 Å². The Balaban J connectivity index is 2.98. The highest BCUT2D eigenvalue weighted by molar-refractivity contribution is 5.42. The standard InChI is InChI=1S/C12H20N2O2/c1-3-15-9-5-6-10(11(14)8-13)12(7-9)16-4-2/h5-7,11H,3-4,8,13-14H2,1-2H3. The lowest BCUT2D eigenvalue weighted by Gasteiger charge is -2.16. The molecule has 1 unspecified atom stereocenters. The lowest BCUT2D eigenvalue weighted by Crippen LogP contribution is -2.21. The highest BCUT2D eigenvalue weighted by Crippen LogP contribution is 2.28. The van der Waals surface area contributed by atoms with Gasteiger partial charge in [0.15, 0.2) is 0 Å². The van der Waals surface area contributed by atoms with Gasteiger partial charge in [0.25, 0.3) is 0 Å². The molecular formula is C12H20N2O2. The predicted octanol–water partition coefficient (Wildman–Crippen LogP) is 1.44. The van der Waals surface area contributed by atoms with E-state index in [1.165, 1.54) is 0 Å². The molecule has 1 aromatic rings. The van der Waals surface area contributed by atoms with E-state index in [0.29, 0.717) is 19.8 Å². The van der Waals surface area contributed by atoms with Crippen LogP contribution < -0.4 is 20.9 Å². The maximum Gasteiger partial charge on any atom is 0.127 e. The van der Waals surface area contributed by atoms with E-state index in [-0.39, 0.29) is 6.04 Å². The van der Waals surface area contributed by atoms with Crippen LogP contribution in [0.15, 0.2) is 18.2 Å². The van der Waals surface area contributed by atoms with Gasteiger partial charge in [-0.3, -0.25) is 0 Å². The van der Waals surface area contributed by atoms with Crippen molar-refractivity contribution >= 4 is 0 Å². The van der Waals surface area contributed by atoms with E-state index in [9.17, 15) is 0 Å². The van der Waals surface area contributed by atoms with Gasteiger partial charge in [-0.15, -0.1) is 0 Å². The molecule has 0 aliphatic heterocycles. The van der Waals surface area contributed by atoms with Crippen molar-refractivity contribution in [3.05, 3.63) is 23.8 Å². The SMILES string of the molecule is CCOc1ccc(C(N)CN)c(OCC)c1. The maximum absolute atomic E-state index is 5.90. The van der Waals surface area contributed by atoms with Crippen molar-refractivity contribution in [2.45, 2.75) is 19.9 Å². The molecule has 0 fully saturated rings. The molecule has 4 heteroatoms. The third-order valence-corrected chi connectivity index (χ3v) is 2.25. The quantitative estimate of drug-likeness (QED) is 0.767. The normalized spacial score (nSPS) is 12.2. The molecule has 0 amide bonds. The van der Waals surface area contributed by atoms with Gasteiger partial charge in [-0.1, -0.05) is 6.07 Å². The number of ether oxygens (including phenoxy) is 2. The first-order chi connectivity index (χ1) is 7.72. The number of benzene rings is 1. The van der Waals surface area contributed by atoms with Gasteiger partial charge in [-0.05, 0) is 19.9 Å². The Labute approximate surface area is 96.5 Å². The topological polar surface area (TPSA) is 70.5 Å². The van der Waals surface area contributed by atoms with Crippen LogP contribution in [0, 0.1) is 0 Å². The summed E-state index contributed by atoms with van der Waals surface area (Å²) in [5.41, 5.74) is 12.4. The highest BCUT2D eigenvalue weighted by Gasteiger charge is 2.11. The van der Waals surface area contributed by atoms with Gasteiger partial charge < -0.3 is 20.9 Å². The molecule has 1 atom stereocenters. The van der Waals surface area contributed by atoms with Crippen molar-refractivity contribution in [3.8, 4) is 11.5 Å². The molecule has 4 nitrogen and oxygen atoms in total. The second kappa shape index (κ2) is 6.35. The van der Waals surface area contributed by atoms with E-state index in [1.807, 2.05) is 32.0 Å². The molecule has 0 radical (unpaired) electrons. The monoisotopic (exact) mass is 224 g/mol. The average molecular weight is 224 g/mol. The van der Waals surface area contributed by atoms with Crippen molar-refractivity contribution in [2.75, 3.05) is 19.8 Å². The van der Waals surface area contributed by atoms with Crippen LogP contribution in [0.3, 0.4) is 0 Å². The van der Waals surface area contributed by atoms with Crippen LogP contribution in [0.2, 0.25) is 0 Å². The summed E-state index contributed by atoms with van der Waals surface area (Å²) in [6.07, 6.45) is 0. The summed E-state index contributed by atoms with van der Waals surface area (Å²) in [5.74, 6) is 1.55. The number of nitrogens with two attached hydrogens (primary N) is 2. The van der Waals surface area contributed by atoms with Crippen LogP contribution in [-0.2, 0) is 0 Å². The Morgan fingerprint density at radius 3 is 2.44 bits per heavy atom. The summed E-state index contributed by atoms with van der Waals surface area (Å²) < 4.78 is 10.9. The summed E-state index contributed by atoms with van der Waals surface area (Å²) in [4.78, 5) is 0. The van der Waals surface area contributed by atoms with Crippen molar-refractivity contribution in [3.63, 3.8) is 0 Å². The Morgan fingerprint density at radius 1 is 1.19 bits per heavy atom. The minimum absolute atomic E-state index is 0.197. The Bertz CT molecular complexity index is 329. The van der Waals surface area contributed by atoms with E-state index in [4.69, 9.17) is 20.9 Å². The van der Waals surface area contributed by atoms with Crippen LogP contribution >= 0.6 is 0 Å². The molecule has 4 N–H and O–H groups in total. The maximum atomic E-state index is 5.90. The first-order valence-corrected chi connectivity index (χ1v) is 5.58. The second-order valence-electron chi connectivity index (χ2n) is 3.41. The fraction of sp³-hybridized carbons (Fsp3) is 0.500. The predicted molar refractivity (Wildman–Crippen MR) is 64.8 cm³/mol. The van der Waals surface area contributed by atoms with Gasteiger partial charge in [0.1, 0.15) is 11.5 Å². The largest absolute Gasteiger partial charge is 0.494 e. The summed E-state index contributed by atoms with van der Waals surface area (Å²) in [5, 5.41) is 0. The van der Waals surface area contributed by atoms with Gasteiger partial charge in [0.05, 0.1) is 13.2 Å². The van der Waals surface area contributed by atoms with E-state index >= 15 is 0 Å². The zero-order chi connectivity index (χ0) is 12.0. The summed E-state index contributed by atoms with van der Waals surface area (Å²) in [6, 6.07) is 5.46. The molecule has 0 aliphatic rings. The van der Waals surface area contributed by atoms with Crippen LogP contribution in [-0.4, -0.2) is 19.8 Å². The summed E-state index contributed by atoms with van der Waals surface area (Å²) in [7, 11) is 0. The minimum Gasteiger partial charge on any atom is -0.494 e. The van der Waals surface area contributed by atoms with E-state index in [2.05, 4.69) is 0 Å². The van der Waals surface area contributed by atoms with Crippen molar-refractivity contribution in [1.29, 1.82) is 0 Å². The van der Waals surface area contributed by atoms with Gasteiger partial charge in [-0.2, -0.15) is 0 Å². The molecule has 16 heavy (non-hydrogen) atoms. The number of rotatable bonds is 6. The zero-order valence-electron chi connectivity index (χ0n) is 9.90. The number of hydrogen-bond donors (Lipinski definition) is 2. The van der Waals surface area contributed by atoms with Crippen molar-refractivity contribution in [1.82, 2.24) is 0 Å². The number of hydrogen-bond acceptors (Lipinski definition) is 4. The molecule has 90 valence electrons. The average Bonchev–Trinajstić information content (AvgIpc) is 2.29. The van der Waals surface area contributed by atoms with Crippen LogP contribution in [0.25, 0.3) is 0 Å². The van der Waals surface area contributed by atoms with Gasteiger partial charge in [-0.25, -0.2) is 0 Å². The Kier molecular flexibility index (Phi) is 5.08. The molecule has 0 saturated carbocycles. The zero-order valence-corrected chi connectivity index (χ0v) is 9.90. The molecular weight excluding hydrogens is 204 g/mol. The molecule has 0 aliphatic carbocycles. The highest BCUT2D eigenvalue weighted by atomic mass is 16.5. The van der Waals surface area contributed by atoms with E-state index in [1.54, 1.807) is 0 Å². The van der Waals surface area contributed by atoms with Crippen LogP contribution in [0.4, 0.5) is 0 Å². The van der Waals surface area contributed by atoms with Gasteiger partial charge in [0.2, 0.25) is 0 Å². The van der Waals surface area contributed by atoms with Gasteiger partial charge in [0, 0.05) is 24.2 Å². The lowest BCUT2D eigenvalue weighted by atomic mass is 10.1. The third kappa shape index (κ3) is 3.12. The fourth-order valence-electron chi connectivity index (χ4n) is 1.48. The molecule has 0 heterocycles. The lowest BCUT2D eigenvalue weighted by molar-refractivity contribution is 0.319. The second-order valence-corrected chi connectivity index (χ2v) is 3.41. The van der Waals surface area contributed by atoms with Crippen LogP contribution in [0.5, 0.6) is 11.5 Å². The summed E-state index contributed by atoms with van der Waals surface area (Å²) >= 11 is 0. The van der Waals surface area contributed by atoms with Crippen molar-refractivity contribution in [2.24, 2.45) is 11.5 Å². The smallest absolute Gasteiger partial charge is 0.127 e. The first-order valence-electron chi connectivity index (χ1n) is 5.58. The Morgan fingerprint density at radius 2 is 1.88 bits per heavy atom. The fourth-order valence-corrected chi connectivity index (χ4v) is 1.48. The first kappa shape index (κ1) is 12.8. The molecule has 0 spiro atoms. The molecule has 1 aromatic carbocycles. The Hall–Kier alpha value is -1.26. The minimum atomic E-state index is -0.197.